The third-order valence-corrected chi connectivity index (χ3v) is 3.06. The molecule has 0 amide bonds. The third-order valence-electron chi connectivity index (χ3n) is 3.06. The smallest absolute Gasteiger partial charge is 0.279 e. The third kappa shape index (κ3) is 3.41. The molecule has 7 heteroatoms. The van der Waals surface area contributed by atoms with Crippen LogP contribution >= 0.6 is 0 Å². The first-order chi connectivity index (χ1) is 11.2. The Labute approximate surface area is 131 Å². The van der Waals surface area contributed by atoms with E-state index in [9.17, 15) is 9.90 Å². The van der Waals surface area contributed by atoms with Crippen molar-refractivity contribution in [3.8, 4) is 17.0 Å². The summed E-state index contributed by atoms with van der Waals surface area (Å²) in [6, 6.07) is 15.8. The SMILES string of the molecule is O=c1[nH]c(NN=Cc2ccccc2O)nnc1-c1ccccc1. The number of phenols is 1. The second-order valence-corrected chi connectivity index (χ2v) is 4.65. The summed E-state index contributed by atoms with van der Waals surface area (Å²) in [5.41, 5.74) is 3.66. The average Bonchev–Trinajstić information content (AvgIpc) is 2.57. The summed E-state index contributed by atoms with van der Waals surface area (Å²) in [5, 5.41) is 21.3. The van der Waals surface area contributed by atoms with E-state index in [0.29, 0.717) is 11.1 Å². The Balaban J connectivity index is 1.77. The lowest BCUT2D eigenvalue weighted by Gasteiger charge is -2.01. The van der Waals surface area contributed by atoms with Crippen LogP contribution < -0.4 is 11.0 Å². The van der Waals surface area contributed by atoms with Crippen LogP contribution in [0.15, 0.2) is 64.5 Å². The molecular weight excluding hydrogens is 294 g/mol. The molecule has 0 saturated heterocycles. The van der Waals surface area contributed by atoms with Crippen LogP contribution in [-0.4, -0.2) is 26.5 Å². The minimum absolute atomic E-state index is 0.108. The highest BCUT2D eigenvalue weighted by Gasteiger charge is 2.06. The molecule has 1 aromatic heterocycles. The molecule has 0 atom stereocenters. The highest BCUT2D eigenvalue weighted by Crippen LogP contribution is 2.13. The maximum atomic E-state index is 12.0. The highest BCUT2D eigenvalue weighted by atomic mass is 16.3. The Morgan fingerprint density at radius 1 is 1.04 bits per heavy atom. The summed E-state index contributed by atoms with van der Waals surface area (Å²) in [6.45, 7) is 0. The van der Waals surface area contributed by atoms with Crippen molar-refractivity contribution in [2.45, 2.75) is 0 Å². The van der Waals surface area contributed by atoms with Gasteiger partial charge in [-0.1, -0.05) is 42.5 Å². The van der Waals surface area contributed by atoms with E-state index in [-0.39, 0.29) is 23.0 Å². The topological polar surface area (TPSA) is 103 Å². The molecule has 0 saturated carbocycles. The predicted octanol–water partition coefficient (Wildman–Crippen LogP) is 1.98. The van der Waals surface area contributed by atoms with Crippen molar-refractivity contribution in [3.63, 3.8) is 0 Å². The van der Waals surface area contributed by atoms with Gasteiger partial charge in [-0.15, -0.1) is 10.2 Å². The van der Waals surface area contributed by atoms with Crippen LogP contribution in [0.4, 0.5) is 5.95 Å². The van der Waals surface area contributed by atoms with Gasteiger partial charge >= 0.3 is 0 Å². The second-order valence-electron chi connectivity index (χ2n) is 4.65. The Bertz CT molecular complexity index is 890. The first-order valence-electron chi connectivity index (χ1n) is 6.83. The van der Waals surface area contributed by atoms with E-state index in [0.717, 1.165) is 0 Å². The number of hydrogen-bond donors (Lipinski definition) is 3. The maximum Gasteiger partial charge on any atom is 0.279 e. The van der Waals surface area contributed by atoms with E-state index in [1.54, 1.807) is 36.4 Å². The van der Waals surface area contributed by atoms with Crippen molar-refractivity contribution in [2.75, 3.05) is 5.43 Å². The van der Waals surface area contributed by atoms with Crippen LogP contribution in [0.1, 0.15) is 5.56 Å². The maximum absolute atomic E-state index is 12.0. The number of nitrogens with zero attached hydrogens (tertiary/aromatic N) is 3. The van der Waals surface area contributed by atoms with Gasteiger partial charge in [0.1, 0.15) is 5.75 Å². The van der Waals surface area contributed by atoms with Crippen molar-refractivity contribution in [3.05, 3.63) is 70.5 Å². The highest BCUT2D eigenvalue weighted by molar-refractivity contribution is 5.83. The number of hydrazone groups is 1. The normalized spacial score (nSPS) is 10.8. The van der Waals surface area contributed by atoms with Crippen molar-refractivity contribution in [2.24, 2.45) is 5.10 Å². The van der Waals surface area contributed by atoms with Crippen molar-refractivity contribution in [1.29, 1.82) is 0 Å². The molecule has 0 spiro atoms. The minimum atomic E-state index is -0.369. The summed E-state index contributed by atoms with van der Waals surface area (Å²) in [4.78, 5) is 14.6. The fourth-order valence-electron chi connectivity index (χ4n) is 1.93. The Morgan fingerprint density at radius 3 is 2.52 bits per heavy atom. The molecule has 2 aromatic carbocycles. The van der Waals surface area contributed by atoms with Gasteiger partial charge < -0.3 is 5.11 Å². The zero-order chi connectivity index (χ0) is 16.1. The number of H-pyrrole nitrogens is 1. The van der Waals surface area contributed by atoms with Gasteiger partial charge in [-0.3, -0.25) is 9.78 Å². The van der Waals surface area contributed by atoms with E-state index in [1.807, 2.05) is 18.2 Å². The molecule has 0 fully saturated rings. The monoisotopic (exact) mass is 307 g/mol. The second kappa shape index (κ2) is 6.52. The van der Waals surface area contributed by atoms with Gasteiger partial charge in [0.05, 0.1) is 6.21 Å². The van der Waals surface area contributed by atoms with Crippen molar-refractivity contribution < 1.29 is 5.11 Å². The number of phenolic OH excluding ortho intramolecular Hbond substituents is 1. The number of aromatic nitrogens is 3. The van der Waals surface area contributed by atoms with Gasteiger partial charge in [-0.2, -0.15) is 5.10 Å². The van der Waals surface area contributed by atoms with E-state index >= 15 is 0 Å². The molecule has 0 bridgehead atoms. The zero-order valence-corrected chi connectivity index (χ0v) is 12.0. The van der Waals surface area contributed by atoms with Crippen LogP contribution in [0.2, 0.25) is 0 Å². The van der Waals surface area contributed by atoms with Crippen LogP contribution in [-0.2, 0) is 0 Å². The quantitative estimate of drug-likeness (QED) is 0.505. The van der Waals surface area contributed by atoms with E-state index < -0.39 is 0 Å². The molecule has 114 valence electrons. The molecule has 1 heterocycles. The summed E-state index contributed by atoms with van der Waals surface area (Å²) in [5.74, 6) is 0.221. The van der Waals surface area contributed by atoms with Gasteiger partial charge in [-0.05, 0) is 12.1 Å². The number of rotatable bonds is 4. The lowest BCUT2D eigenvalue weighted by atomic mass is 10.2. The summed E-state index contributed by atoms with van der Waals surface area (Å²) in [6.07, 6.45) is 1.42. The van der Waals surface area contributed by atoms with E-state index in [2.05, 4.69) is 25.7 Å². The van der Waals surface area contributed by atoms with Gasteiger partial charge in [0.15, 0.2) is 5.69 Å². The van der Waals surface area contributed by atoms with Gasteiger partial charge in [0, 0.05) is 11.1 Å². The molecule has 0 unspecified atom stereocenters. The fraction of sp³-hybridized carbons (Fsp3) is 0. The van der Waals surface area contributed by atoms with Gasteiger partial charge in [0.2, 0.25) is 5.95 Å². The first-order valence-corrected chi connectivity index (χ1v) is 6.83. The molecule has 0 radical (unpaired) electrons. The number of benzene rings is 2. The Kier molecular flexibility index (Phi) is 4.10. The van der Waals surface area contributed by atoms with Crippen LogP contribution in [0.25, 0.3) is 11.3 Å². The summed E-state index contributed by atoms with van der Waals surface area (Å²) < 4.78 is 0. The summed E-state index contributed by atoms with van der Waals surface area (Å²) in [7, 11) is 0. The first kappa shape index (κ1) is 14.5. The Hall–Kier alpha value is -3.48. The molecule has 23 heavy (non-hydrogen) atoms. The number of nitrogens with one attached hydrogen (secondary N) is 2. The van der Waals surface area contributed by atoms with E-state index in [4.69, 9.17) is 0 Å². The van der Waals surface area contributed by atoms with Crippen molar-refractivity contribution in [1.82, 2.24) is 15.2 Å². The average molecular weight is 307 g/mol. The molecule has 0 aliphatic rings. The number of hydrogen-bond acceptors (Lipinski definition) is 6. The molecule has 3 rings (SSSR count). The van der Waals surface area contributed by atoms with Crippen LogP contribution in [0, 0.1) is 0 Å². The zero-order valence-electron chi connectivity index (χ0n) is 12.0. The molecule has 0 aliphatic heterocycles. The van der Waals surface area contributed by atoms with Gasteiger partial charge in [0.25, 0.3) is 5.56 Å². The molecule has 7 nitrogen and oxygen atoms in total. The van der Waals surface area contributed by atoms with Crippen molar-refractivity contribution >= 4 is 12.2 Å². The molecule has 0 aliphatic carbocycles. The molecular formula is C16H13N5O2. The predicted molar refractivity (Wildman–Crippen MR) is 87.4 cm³/mol. The lowest BCUT2D eigenvalue weighted by Crippen LogP contribution is -2.15. The number of para-hydroxylation sites is 1. The van der Waals surface area contributed by atoms with Gasteiger partial charge in [-0.25, -0.2) is 5.43 Å². The standard InChI is InChI=1S/C16H13N5O2/c22-13-9-5-4-8-12(13)10-17-20-16-18-15(23)14(19-21-16)11-6-2-1-3-7-11/h1-10,22H,(H2,18,20,21,23). The minimum Gasteiger partial charge on any atom is -0.507 e. The summed E-state index contributed by atoms with van der Waals surface area (Å²) >= 11 is 0. The molecule has 3 N–H and O–H groups in total. The largest absolute Gasteiger partial charge is 0.507 e. The van der Waals surface area contributed by atoms with E-state index in [1.165, 1.54) is 6.21 Å². The Morgan fingerprint density at radius 2 is 1.78 bits per heavy atom. The number of anilines is 1. The van der Waals surface area contributed by atoms with Crippen LogP contribution in [0.5, 0.6) is 5.75 Å². The van der Waals surface area contributed by atoms with Crippen LogP contribution in [0.3, 0.4) is 0 Å². The molecule has 3 aromatic rings. The fourth-order valence-corrected chi connectivity index (χ4v) is 1.93. The lowest BCUT2D eigenvalue weighted by molar-refractivity contribution is 0.474. The number of aromatic hydroxyl groups is 1. The number of aromatic amines is 1.